The molecular formula is C31H34ClF3N4O6. The summed E-state index contributed by atoms with van der Waals surface area (Å²) in [6, 6.07) is 9.85. The molecule has 10 nitrogen and oxygen atoms in total. The standard InChI is InChI=1S/C31H34ClF3N4O6/c1-20(37-17-16-26(36)21-6-4-7-23(32)18-21)39(25-12-10-22(11-13-25)31(33,34)35)28(41)15-14-27(40)38-24(19-30(43)45-3)8-5-9-29(42)44-2/h4,6-7,10-13,16-18,24H,1,5,8-9,14-15,19,36H2,2-3H3,(H,38,40)/b26-16-,37-17?. The molecule has 2 aromatic carbocycles. The molecule has 1 unspecified atom stereocenters. The SMILES string of the molecule is C=C(N=C/C=C(\N)c1cccc(Cl)c1)N(C(=O)CCC(=O)NC(CCCC(=O)OC)CC(=O)OC)c1ccc(C(F)(F)F)cc1. The van der Waals surface area contributed by atoms with Gasteiger partial charge in [0.25, 0.3) is 0 Å². The Morgan fingerprint density at radius 3 is 2.31 bits per heavy atom. The number of hydrogen-bond donors (Lipinski definition) is 2. The number of methoxy groups -OCH3 is 2. The van der Waals surface area contributed by atoms with Crippen molar-refractivity contribution in [1.29, 1.82) is 0 Å². The smallest absolute Gasteiger partial charge is 0.416 e. The molecule has 0 saturated carbocycles. The minimum atomic E-state index is -4.60. The monoisotopic (exact) mass is 650 g/mol. The van der Waals surface area contributed by atoms with Crippen molar-refractivity contribution in [2.75, 3.05) is 19.1 Å². The molecule has 0 aliphatic heterocycles. The highest BCUT2D eigenvalue weighted by Crippen LogP contribution is 2.31. The summed E-state index contributed by atoms with van der Waals surface area (Å²) in [7, 11) is 2.44. The number of carbonyl (C=O) groups excluding carboxylic acids is 4. The zero-order valence-corrected chi connectivity index (χ0v) is 25.5. The van der Waals surface area contributed by atoms with Gasteiger partial charge in [-0.1, -0.05) is 30.3 Å². The number of carbonyl (C=O) groups is 4. The summed E-state index contributed by atoms with van der Waals surface area (Å²) in [6.45, 7) is 3.78. The Labute approximate surface area is 263 Å². The third-order valence-corrected chi connectivity index (χ3v) is 6.56. The van der Waals surface area contributed by atoms with E-state index in [9.17, 15) is 32.3 Å². The first kappa shape index (κ1) is 36.5. The second kappa shape index (κ2) is 17.6. The molecule has 0 aromatic heterocycles. The molecule has 2 amide bonds. The summed E-state index contributed by atoms with van der Waals surface area (Å²) >= 11 is 5.99. The van der Waals surface area contributed by atoms with Crippen LogP contribution in [0.3, 0.4) is 0 Å². The molecule has 1 atom stereocenters. The normalized spacial score (nSPS) is 12.4. The molecular weight excluding hydrogens is 617 g/mol. The fourth-order valence-electron chi connectivity index (χ4n) is 4.00. The quantitative estimate of drug-likeness (QED) is 0.194. The fraction of sp³-hybridized carbons (Fsp3) is 0.323. The summed E-state index contributed by atoms with van der Waals surface area (Å²) in [4.78, 5) is 54.4. The maximum atomic E-state index is 13.3. The van der Waals surface area contributed by atoms with Gasteiger partial charge in [-0.15, -0.1) is 0 Å². The highest BCUT2D eigenvalue weighted by Gasteiger charge is 2.31. The topological polar surface area (TPSA) is 140 Å². The first-order valence-electron chi connectivity index (χ1n) is 13.6. The zero-order valence-electron chi connectivity index (χ0n) is 24.7. The lowest BCUT2D eigenvalue weighted by Crippen LogP contribution is -2.38. The molecule has 0 saturated heterocycles. The summed E-state index contributed by atoms with van der Waals surface area (Å²) in [5.74, 6) is -2.44. The van der Waals surface area contributed by atoms with Crippen molar-refractivity contribution in [3.05, 3.63) is 83.2 Å². The number of halogens is 4. The number of nitrogens with zero attached hydrogens (tertiary/aromatic N) is 2. The fourth-order valence-corrected chi connectivity index (χ4v) is 4.19. The van der Waals surface area contributed by atoms with Gasteiger partial charge in [-0.2, -0.15) is 13.2 Å². The van der Waals surface area contributed by atoms with Gasteiger partial charge in [-0.25, -0.2) is 4.99 Å². The number of nitrogens with one attached hydrogen (secondary N) is 1. The van der Waals surface area contributed by atoms with Gasteiger partial charge >= 0.3 is 18.1 Å². The Kier molecular flexibility index (Phi) is 14.3. The summed E-state index contributed by atoms with van der Waals surface area (Å²) in [6.07, 6.45) is -2.11. The van der Waals surface area contributed by atoms with E-state index in [0.717, 1.165) is 29.2 Å². The molecule has 0 radical (unpaired) electrons. The number of benzene rings is 2. The van der Waals surface area contributed by atoms with E-state index in [2.05, 4.69) is 26.4 Å². The van der Waals surface area contributed by atoms with Crippen molar-refractivity contribution in [1.82, 2.24) is 5.32 Å². The Morgan fingerprint density at radius 2 is 1.71 bits per heavy atom. The van der Waals surface area contributed by atoms with Gasteiger partial charge in [-0.3, -0.25) is 24.1 Å². The Morgan fingerprint density at radius 1 is 1.04 bits per heavy atom. The van der Waals surface area contributed by atoms with Gasteiger partial charge in [0.15, 0.2) is 0 Å². The van der Waals surface area contributed by atoms with Crippen LogP contribution >= 0.6 is 11.6 Å². The second-order valence-corrected chi connectivity index (χ2v) is 10.1. The molecule has 0 aliphatic carbocycles. The molecule has 3 N–H and O–H groups in total. The van der Waals surface area contributed by atoms with Crippen molar-refractivity contribution < 1.29 is 41.8 Å². The number of aliphatic imine (C=N–C) groups is 1. The van der Waals surface area contributed by atoms with Crippen molar-refractivity contribution in [2.24, 2.45) is 10.7 Å². The van der Waals surface area contributed by atoms with Crippen molar-refractivity contribution in [3.8, 4) is 0 Å². The van der Waals surface area contributed by atoms with E-state index in [-0.39, 0.29) is 43.6 Å². The van der Waals surface area contributed by atoms with Gasteiger partial charge < -0.3 is 20.5 Å². The molecule has 14 heteroatoms. The number of allylic oxidation sites excluding steroid dienone is 1. The molecule has 0 aliphatic rings. The van der Waals surface area contributed by atoms with E-state index in [1.54, 1.807) is 24.3 Å². The van der Waals surface area contributed by atoms with Crippen LogP contribution in [0.1, 0.15) is 49.7 Å². The molecule has 0 fully saturated rings. The summed E-state index contributed by atoms with van der Waals surface area (Å²) in [5, 5.41) is 3.12. The predicted molar refractivity (Wildman–Crippen MR) is 164 cm³/mol. The lowest BCUT2D eigenvalue weighted by Gasteiger charge is -2.23. The van der Waals surface area contributed by atoms with Crippen LogP contribution in [0, 0.1) is 0 Å². The minimum Gasteiger partial charge on any atom is -0.469 e. The number of anilines is 1. The average molecular weight is 651 g/mol. The van der Waals surface area contributed by atoms with Gasteiger partial charge in [0.2, 0.25) is 11.8 Å². The Balaban J connectivity index is 2.20. The van der Waals surface area contributed by atoms with Gasteiger partial charge in [0.1, 0.15) is 5.82 Å². The lowest BCUT2D eigenvalue weighted by atomic mass is 10.1. The van der Waals surface area contributed by atoms with Gasteiger partial charge in [0.05, 0.1) is 31.9 Å². The van der Waals surface area contributed by atoms with Crippen LogP contribution < -0.4 is 16.0 Å². The molecule has 242 valence electrons. The van der Waals surface area contributed by atoms with Gasteiger partial charge in [-0.05, 0) is 60.9 Å². The molecule has 0 spiro atoms. The maximum Gasteiger partial charge on any atom is 0.416 e. The molecule has 0 bridgehead atoms. The van der Waals surface area contributed by atoms with E-state index < -0.39 is 41.5 Å². The van der Waals surface area contributed by atoms with Crippen LogP contribution in [0.2, 0.25) is 5.02 Å². The number of amides is 2. The van der Waals surface area contributed by atoms with E-state index in [1.807, 2.05) is 0 Å². The number of rotatable bonds is 15. The largest absolute Gasteiger partial charge is 0.469 e. The van der Waals surface area contributed by atoms with E-state index in [0.29, 0.717) is 22.7 Å². The number of alkyl halides is 3. The van der Waals surface area contributed by atoms with E-state index in [4.69, 9.17) is 17.3 Å². The van der Waals surface area contributed by atoms with E-state index in [1.165, 1.54) is 26.5 Å². The van der Waals surface area contributed by atoms with Crippen LogP contribution in [0.25, 0.3) is 5.70 Å². The van der Waals surface area contributed by atoms with Crippen molar-refractivity contribution in [3.63, 3.8) is 0 Å². The lowest BCUT2D eigenvalue weighted by molar-refractivity contribution is -0.141. The zero-order chi connectivity index (χ0) is 33.6. The number of ether oxygens (including phenoxy) is 2. The van der Waals surface area contributed by atoms with Gasteiger partial charge in [0, 0.05) is 42.2 Å². The van der Waals surface area contributed by atoms with Crippen LogP contribution in [0.4, 0.5) is 18.9 Å². The van der Waals surface area contributed by atoms with Crippen molar-refractivity contribution in [2.45, 2.75) is 50.7 Å². The number of esters is 2. The summed E-state index contributed by atoms with van der Waals surface area (Å²) in [5.41, 5.74) is 6.08. The van der Waals surface area contributed by atoms with Crippen LogP contribution in [-0.2, 0) is 34.8 Å². The minimum absolute atomic E-state index is 0.0359. The van der Waals surface area contributed by atoms with Crippen LogP contribution in [0.5, 0.6) is 0 Å². The third-order valence-electron chi connectivity index (χ3n) is 6.33. The van der Waals surface area contributed by atoms with Crippen LogP contribution in [0.15, 0.2) is 72.0 Å². The van der Waals surface area contributed by atoms with E-state index >= 15 is 0 Å². The van der Waals surface area contributed by atoms with Crippen LogP contribution in [-0.4, -0.2) is 50.2 Å². The molecule has 0 heterocycles. The van der Waals surface area contributed by atoms with Crippen molar-refractivity contribution >= 4 is 53.0 Å². The Bertz CT molecular complexity index is 1430. The second-order valence-electron chi connectivity index (χ2n) is 9.61. The number of nitrogens with two attached hydrogens (primary N) is 1. The first-order valence-corrected chi connectivity index (χ1v) is 14.0. The average Bonchev–Trinajstić information content (AvgIpc) is 2.99. The summed E-state index contributed by atoms with van der Waals surface area (Å²) < 4.78 is 48.7. The third kappa shape index (κ3) is 12.5. The molecule has 2 aromatic rings. The molecule has 2 rings (SSSR count). The maximum absolute atomic E-state index is 13.3. The number of hydrogen-bond acceptors (Lipinski definition) is 8. The highest BCUT2D eigenvalue weighted by molar-refractivity contribution is 6.30. The predicted octanol–water partition coefficient (Wildman–Crippen LogP) is 5.41. The highest BCUT2D eigenvalue weighted by atomic mass is 35.5. The molecule has 45 heavy (non-hydrogen) atoms. The first-order chi connectivity index (χ1) is 21.2. The Hall–Kier alpha value is -4.65.